The Morgan fingerprint density at radius 2 is 1.79 bits per heavy atom. The largest absolute Gasteiger partial charge is 0.307 e. The van der Waals surface area contributed by atoms with Crippen LogP contribution in [0.25, 0.3) is 0 Å². The number of nitrogens with one attached hydrogen (secondary N) is 1. The zero-order chi connectivity index (χ0) is 13.0. The van der Waals surface area contributed by atoms with Gasteiger partial charge in [0, 0.05) is 12.1 Å². The van der Waals surface area contributed by atoms with Gasteiger partial charge >= 0.3 is 0 Å². The smallest absolute Gasteiger partial charge is 0.178 e. The predicted octanol–water partition coefficient (Wildman–Crippen LogP) is 2.15. The van der Waals surface area contributed by atoms with Crippen LogP contribution in [0.4, 0.5) is 0 Å². The first kappa shape index (κ1) is 11.9. The fraction of sp³-hybridized carbons (Fsp3) is 0.600. The van der Waals surface area contributed by atoms with Gasteiger partial charge in [-0.05, 0) is 61.3 Å². The lowest BCUT2D eigenvalue weighted by Gasteiger charge is -2.27. The number of fused-ring (bicyclic) bond motifs is 2. The van der Waals surface area contributed by atoms with Gasteiger partial charge in [-0.3, -0.25) is 0 Å². The fourth-order valence-corrected chi connectivity index (χ4v) is 5.06. The van der Waals surface area contributed by atoms with Crippen molar-refractivity contribution in [3.05, 3.63) is 28.8 Å². The average molecular weight is 277 g/mol. The van der Waals surface area contributed by atoms with Gasteiger partial charge in [0.05, 0.1) is 10.6 Å². The first-order valence-electron chi connectivity index (χ1n) is 7.28. The molecular formula is C15H19NO2S. The Bertz CT molecular complexity index is 632. The van der Waals surface area contributed by atoms with E-state index >= 15 is 0 Å². The van der Waals surface area contributed by atoms with Crippen LogP contribution in [0.5, 0.6) is 0 Å². The van der Waals surface area contributed by atoms with E-state index in [9.17, 15) is 8.42 Å². The summed E-state index contributed by atoms with van der Waals surface area (Å²) in [6.07, 6.45) is 6.52. The van der Waals surface area contributed by atoms with Crippen molar-refractivity contribution < 1.29 is 8.42 Å². The van der Waals surface area contributed by atoms with Crippen LogP contribution in [0.2, 0.25) is 0 Å². The zero-order valence-electron chi connectivity index (χ0n) is 11.0. The van der Waals surface area contributed by atoms with Gasteiger partial charge in [-0.15, -0.1) is 0 Å². The van der Waals surface area contributed by atoms with Gasteiger partial charge in [-0.25, -0.2) is 8.42 Å². The molecule has 102 valence electrons. The third kappa shape index (κ3) is 2.01. The van der Waals surface area contributed by atoms with E-state index in [-0.39, 0.29) is 6.04 Å². The molecule has 0 aromatic heterocycles. The van der Waals surface area contributed by atoms with Gasteiger partial charge in [-0.1, -0.05) is 6.07 Å². The highest BCUT2D eigenvalue weighted by Gasteiger charge is 2.34. The molecule has 1 fully saturated rings. The van der Waals surface area contributed by atoms with Crippen molar-refractivity contribution in [3.8, 4) is 0 Å². The summed E-state index contributed by atoms with van der Waals surface area (Å²) in [6.45, 7) is 0. The average Bonchev–Trinajstić information content (AvgIpc) is 3.07. The molecule has 0 saturated heterocycles. The fourth-order valence-electron chi connectivity index (χ4n) is 3.41. The Balaban J connectivity index is 1.82. The summed E-state index contributed by atoms with van der Waals surface area (Å²) in [5, 5.41) is 3.61. The third-order valence-electron chi connectivity index (χ3n) is 4.62. The number of rotatable bonds is 2. The maximum atomic E-state index is 12.3. The lowest BCUT2D eigenvalue weighted by Crippen LogP contribution is -2.31. The van der Waals surface area contributed by atoms with E-state index in [1.807, 2.05) is 6.07 Å². The Morgan fingerprint density at radius 1 is 1.05 bits per heavy atom. The van der Waals surface area contributed by atoms with Crippen molar-refractivity contribution >= 4 is 9.84 Å². The highest BCUT2D eigenvalue weighted by molar-refractivity contribution is 7.91. The van der Waals surface area contributed by atoms with Crippen LogP contribution < -0.4 is 5.32 Å². The van der Waals surface area contributed by atoms with E-state index in [2.05, 4.69) is 11.4 Å². The van der Waals surface area contributed by atoms with Crippen LogP contribution in [0.1, 0.15) is 48.4 Å². The minimum atomic E-state index is -3.05. The van der Waals surface area contributed by atoms with Crippen LogP contribution >= 0.6 is 0 Å². The lowest BCUT2D eigenvalue weighted by atomic mass is 9.98. The standard InChI is InChI=1S/C15H19NO2S/c17-19(18)7-6-14(16-12-4-5-12)13-8-10-2-1-3-11(10)9-15(13)19/h8-9,12,14,16H,1-7H2. The maximum Gasteiger partial charge on any atom is 0.178 e. The first-order chi connectivity index (χ1) is 9.13. The summed E-state index contributed by atoms with van der Waals surface area (Å²) in [5.74, 6) is 0.295. The van der Waals surface area contributed by atoms with Crippen molar-refractivity contribution in [2.45, 2.75) is 55.5 Å². The molecule has 1 aromatic carbocycles. The van der Waals surface area contributed by atoms with Gasteiger partial charge in [0.2, 0.25) is 0 Å². The molecule has 1 aliphatic heterocycles. The van der Waals surface area contributed by atoms with E-state index in [1.54, 1.807) is 0 Å². The van der Waals surface area contributed by atoms with Crippen molar-refractivity contribution in [2.24, 2.45) is 0 Å². The molecule has 0 spiro atoms. The summed E-state index contributed by atoms with van der Waals surface area (Å²) < 4.78 is 24.6. The topological polar surface area (TPSA) is 46.2 Å². The number of hydrogen-bond acceptors (Lipinski definition) is 3. The lowest BCUT2D eigenvalue weighted by molar-refractivity contribution is 0.489. The van der Waals surface area contributed by atoms with Crippen molar-refractivity contribution in [2.75, 3.05) is 5.75 Å². The van der Waals surface area contributed by atoms with E-state index in [4.69, 9.17) is 0 Å². The third-order valence-corrected chi connectivity index (χ3v) is 6.42. The Hall–Kier alpha value is -0.870. The molecule has 1 atom stereocenters. The molecule has 1 heterocycles. The zero-order valence-corrected chi connectivity index (χ0v) is 11.8. The molecule has 4 heteroatoms. The van der Waals surface area contributed by atoms with Crippen molar-refractivity contribution in [3.63, 3.8) is 0 Å². The number of benzene rings is 1. The Morgan fingerprint density at radius 3 is 2.53 bits per heavy atom. The summed E-state index contributed by atoms with van der Waals surface area (Å²) in [6, 6.07) is 5.01. The van der Waals surface area contributed by atoms with Gasteiger partial charge in [-0.2, -0.15) is 0 Å². The van der Waals surface area contributed by atoms with Gasteiger partial charge in [0.25, 0.3) is 0 Å². The quantitative estimate of drug-likeness (QED) is 0.901. The normalized spacial score (nSPS) is 27.9. The Labute approximate surface area is 114 Å². The molecule has 1 unspecified atom stereocenters. The van der Waals surface area contributed by atoms with Crippen LogP contribution in [-0.2, 0) is 22.7 Å². The van der Waals surface area contributed by atoms with Crippen molar-refractivity contribution in [1.29, 1.82) is 0 Å². The first-order valence-corrected chi connectivity index (χ1v) is 8.93. The van der Waals surface area contributed by atoms with Crippen LogP contribution in [0.15, 0.2) is 17.0 Å². The molecule has 19 heavy (non-hydrogen) atoms. The summed E-state index contributed by atoms with van der Waals surface area (Å²) in [7, 11) is -3.05. The van der Waals surface area contributed by atoms with E-state index in [0.717, 1.165) is 24.8 Å². The molecule has 1 N–H and O–H groups in total. The monoisotopic (exact) mass is 277 g/mol. The minimum Gasteiger partial charge on any atom is -0.307 e. The second-order valence-corrected chi connectivity index (χ2v) is 8.19. The summed E-state index contributed by atoms with van der Waals surface area (Å²) >= 11 is 0. The van der Waals surface area contributed by atoms with Crippen LogP contribution in [0.3, 0.4) is 0 Å². The molecule has 0 amide bonds. The minimum absolute atomic E-state index is 0.247. The molecule has 2 aliphatic carbocycles. The van der Waals surface area contributed by atoms with Crippen LogP contribution in [0, 0.1) is 0 Å². The SMILES string of the molecule is O=S1(=O)CCC(NC2CC2)c2cc3c(cc21)CCC3. The maximum absolute atomic E-state index is 12.3. The molecule has 1 aromatic rings. The number of hydrogen-bond donors (Lipinski definition) is 1. The van der Waals surface area contributed by atoms with E-state index in [0.29, 0.717) is 16.7 Å². The van der Waals surface area contributed by atoms with Gasteiger partial charge in [0.1, 0.15) is 0 Å². The molecule has 0 radical (unpaired) electrons. The summed E-state index contributed by atoms with van der Waals surface area (Å²) in [5.41, 5.74) is 3.67. The molecule has 0 bridgehead atoms. The number of aryl methyl sites for hydroxylation is 2. The highest BCUT2D eigenvalue weighted by Crippen LogP contribution is 2.38. The van der Waals surface area contributed by atoms with E-state index in [1.165, 1.54) is 30.4 Å². The predicted molar refractivity (Wildman–Crippen MR) is 74.0 cm³/mol. The van der Waals surface area contributed by atoms with Gasteiger partial charge < -0.3 is 5.32 Å². The summed E-state index contributed by atoms with van der Waals surface area (Å²) in [4.78, 5) is 0.609. The van der Waals surface area contributed by atoms with Gasteiger partial charge in [0.15, 0.2) is 9.84 Å². The molecule has 3 nitrogen and oxygen atoms in total. The molecule has 4 rings (SSSR count). The molecule has 3 aliphatic rings. The van der Waals surface area contributed by atoms with Crippen molar-refractivity contribution in [1.82, 2.24) is 5.32 Å². The Kier molecular flexibility index (Phi) is 2.55. The second kappa shape index (κ2) is 4.06. The van der Waals surface area contributed by atoms with Crippen LogP contribution in [-0.4, -0.2) is 20.2 Å². The molecule has 1 saturated carbocycles. The second-order valence-electron chi connectivity index (χ2n) is 6.11. The highest BCUT2D eigenvalue weighted by atomic mass is 32.2. The number of sulfone groups is 1. The molecular weight excluding hydrogens is 258 g/mol. The van der Waals surface area contributed by atoms with E-state index < -0.39 is 9.84 Å².